The van der Waals surface area contributed by atoms with Gasteiger partial charge in [0.15, 0.2) is 0 Å². The summed E-state index contributed by atoms with van der Waals surface area (Å²) in [6, 6.07) is 12.9. The summed E-state index contributed by atoms with van der Waals surface area (Å²) < 4.78 is 6.04. The molecule has 0 saturated carbocycles. The molecule has 0 amide bonds. The number of aryl methyl sites for hydroxylation is 2. The predicted octanol–water partition coefficient (Wildman–Crippen LogP) is 4.66. The number of ether oxygens (including phenoxy) is 1. The second-order valence-electron chi connectivity index (χ2n) is 7.52. The van der Waals surface area contributed by atoms with E-state index < -0.39 is 0 Å². The van der Waals surface area contributed by atoms with E-state index in [2.05, 4.69) is 49.9 Å². The van der Waals surface area contributed by atoms with Gasteiger partial charge >= 0.3 is 0 Å². The van der Waals surface area contributed by atoms with Crippen LogP contribution in [-0.4, -0.2) is 35.7 Å². The van der Waals surface area contributed by atoms with Crippen molar-refractivity contribution in [1.29, 1.82) is 0 Å². The number of hydrogen-bond acceptors (Lipinski definition) is 3. The molecule has 0 aliphatic heterocycles. The first-order valence-electron chi connectivity index (χ1n) is 9.81. The normalized spacial score (nSPS) is 16.5. The molecule has 26 heavy (non-hydrogen) atoms. The molecule has 0 fully saturated rings. The maximum absolute atomic E-state index is 10.1. The Morgan fingerprint density at radius 3 is 2.62 bits per heavy atom. The first kappa shape index (κ1) is 18.8. The van der Waals surface area contributed by atoms with Crippen molar-refractivity contribution in [3.8, 4) is 11.5 Å². The Labute approximate surface area is 157 Å². The number of rotatable bonds is 7. The highest BCUT2D eigenvalue weighted by Gasteiger charge is 2.25. The number of phenols is 1. The van der Waals surface area contributed by atoms with E-state index >= 15 is 0 Å². The van der Waals surface area contributed by atoms with Crippen LogP contribution in [0.3, 0.4) is 0 Å². The number of fused-ring (bicyclic) bond motifs is 1. The Kier molecular flexibility index (Phi) is 6.20. The van der Waals surface area contributed by atoms with E-state index in [4.69, 9.17) is 4.74 Å². The van der Waals surface area contributed by atoms with Crippen molar-refractivity contribution in [3.05, 3.63) is 58.7 Å². The third kappa shape index (κ3) is 4.59. The van der Waals surface area contributed by atoms with Crippen LogP contribution in [0.25, 0.3) is 0 Å². The van der Waals surface area contributed by atoms with Gasteiger partial charge in [-0.3, -0.25) is 4.90 Å². The molecule has 1 aliphatic rings. The lowest BCUT2D eigenvalue weighted by Crippen LogP contribution is -2.42. The molecule has 0 radical (unpaired) electrons. The first-order chi connectivity index (χ1) is 12.6. The monoisotopic (exact) mass is 353 g/mol. The molecule has 3 rings (SSSR count). The molecule has 1 N–H and O–H groups in total. The number of phenolic OH excluding ortho intramolecular Hbond substituents is 1. The standard InChI is InChI=1S/C23H31NO2/c1-4-10-24(11-12-26-21-14-17(2)13-18(3)15-21)20-8-9-22-19(16-20)6-5-7-23(22)25/h5-7,13-15,20,25H,4,8-12,16H2,1-3H3. The topological polar surface area (TPSA) is 32.7 Å². The van der Waals surface area contributed by atoms with Gasteiger partial charge in [0.1, 0.15) is 18.1 Å². The van der Waals surface area contributed by atoms with Crippen molar-refractivity contribution in [3.63, 3.8) is 0 Å². The fraction of sp³-hybridized carbons (Fsp3) is 0.478. The Balaban J connectivity index is 1.60. The van der Waals surface area contributed by atoms with E-state index in [-0.39, 0.29) is 0 Å². The van der Waals surface area contributed by atoms with Gasteiger partial charge < -0.3 is 9.84 Å². The lowest BCUT2D eigenvalue weighted by molar-refractivity contribution is 0.147. The minimum absolute atomic E-state index is 0.459. The molecule has 0 spiro atoms. The third-order valence-corrected chi connectivity index (χ3v) is 5.30. The van der Waals surface area contributed by atoms with Gasteiger partial charge in [0.25, 0.3) is 0 Å². The van der Waals surface area contributed by atoms with E-state index in [0.717, 1.165) is 50.1 Å². The molecule has 1 unspecified atom stereocenters. The second-order valence-corrected chi connectivity index (χ2v) is 7.52. The van der Waals surface area contributed by atoms with Gasteiger partial charge in [0, 0.05) is 12.6 Å². The van der Waals surface area contributed by atoms with E-state index in [0.29, 0.717) is 18.4 Å². The number of nitrogens with zero attached hydrogens (tertiary/aromatic N) is 1. The molecule has 3 nitrogen and oxygen atoms in total. The SMILES string of the molecule is CCCN(CCOc1cc(C)cc(C)c1)C1CCc2c(O)cccc2C1. The maximum Gasteiger partial charge on any atom is 0.119 e. The Bertz CT molecular complexity index is 721. The van der Waals surface area contributed by atoms with Crippen molar-refractivity contribution in [2.45, 2.75) is 52.5 Å². The highest BCUT2D eigenvalue weighted by atomic mass is 16.5. The minimum Gasteiger partial charge on any atom is -0.508 e. The van der Waals surface area contributed by atoms with Gasteiger partial charge in [-0.15, -0.1) is 0 Å². The number of aromatic hydroxyl groups is 1. The highest BCUT2D eigenvalue weighted by molar-refractivity contribution is 5.41. The van der Waals surface area contributed by atoms with Crippen LogP contribution >= 0.6 is 0 Å². The Hall–Kier alpha value is -2.00. The van der Waals surface area contributed by atoms with E-state index in [1.165, 1.54) is 16.7 Å². The molecule has 2 aromatic rings. The van der Waals surface area contributed by atoms with Crippen LogP contribution in [0.5, 0.6) is 11.5 Å². The van der Waals surface area contributed by atoms with Crippen LogP contribution in [0.4, 0.5) is 0 Å². The summed E-state index contributed by atoms with van der Waals surface area (Å²) in [4.78, 5) is 2.57. The molecule has 0 aromatic heterocycles. The van der Waals surface area contributed by atoms with Gasteiger partial charge in [0.2, 0.25) is 0 Å². The van der Waals surface area contributed by atoms with E-state index in [1.807, 2.05) is 6.07 Å². The van der Waals surface area contributed by atoms with Crippen LogP contribution in [0.1, 0.15) is 42.0 Å². The van der Waals surface area contributed by atoms with Crippen molar-refractivity contribution < 1.29 is 9.84 Å². The average Bonchev–Trinajstić information content (AvgIpc) is 2.60. The Morgan fingerprint density at radius 2 is 1.88 bits per heavy atom. The lowest BCUT2D eigenvalue weighted by Gasteiger charge is -2.35. The summed E-state index contributed by atoms with van der Waals surface area (Å²) in [5, 5.41) is 10.1. The molecular weight excluding hydrogens is 322 g/mol. The van der Waals surface area contributed by atoms with Crippen molar-refractivity contribution in [2.24, 2.45) is 0 Å². The van der Waals surface area contributed by atoms with Gasteiger partial charge in [-0.25, -0.2) is 0 Å². The quantitative estimate of drug-likeness (QED) is 0.786. The van der Waals surface area contributed by atoms with Gasteiger partial charge in [0.05, 0.1) is 0 Å². The van der Waals surface area contributed by atoms with Crippen molar-refractivity contribution >= 4 is 0 Å². The average molecular weight is 354 g/mol. The Morgan fingerprint density at radius 1 is 1.12 bits per heavy atom. The van der Waals surface area contributed by atoms with Crippen LogP contribution < -0.4 is 4.74 Å². The lowest BCUT2D eigenvalue weighted by atomic mass is 9.87. The third-order valence-electron chi connectivity index (χ3n) is 5.30. The number of hydrogen-bond donors (Lipinski definition) is 1. The van der Waals surface area contributed by atoms with E-state index in [1.54, 1.807) is 6.07 Å². The zero-order valence-corrected chi connectivity index (χ0v) is 16.3. The molecule has 140 valence electrons. The maximum atomic E-state index is 10.1. The molecular formula is C23H31NO2. The number of benzene rings is 2. The summed E-state index contributed by atoms with van der Waals surface area (Å²) in [6.45, 7) is 9.21. The van der Waals surface area contributed by atoms with Gasteiger partial charge in [-0.05, 0) is 86.5 Å². The summed E-state index contributed by atoms with van der Waals surface area (Å²) in [7, 11) is 0. The highest BCUT2D eigenvalue weighted by Crippen LogP contribution is 2.30. The minimum atomic E-state index is 0.459. The van der Waals surface area contributed by atoms with Crippen LogP contribution in [0.2, 0.25) is 0 Å². The van der Waals surface area contributed by atoms with E-state index in [9.17, 15) is 5.11 Å². The zero-order valence-electron chi connectivity index (χ0n) is 16.3. The summed E-state index contributed by atoms with van der Waals surface area (Å²) in [5.74, 6) is 1.43. The molecule has 0 saturated heterocycles. The smallest absolute Gasteiger partial charge is 0.119 e. The second kappa shape index (κ2) is 8.59. The molecule has 3 heteroatoms. The van der Waals surface area contributed by atoms with Gasteiger partial charge in [-0.1, -0.05) is 25.1 Å². The predicted molar refractivity (Wildman–Crippen MR) is 107 cm³/mol. The summed E-state index contributed by atoms with van der Waals surface area (Å²) >= 11 is 0. The summed E-state index contributed by atoms with van der Waals surface area (Å²) in [6.07, 6.45) is 4.24. The molecule has 1 aliphatic carbocycles. The largest absolute Gasteiger partial charge is 0.508 e. The van der Waals surface area contributed by atoms with Crippen molar-refractivity contribution in [1.82, 2.24) is 4.90 Å². The molecule has 0 heterocycles. The fourth-order valence-corrected chi connectivity index (χ4v) is 4.14. The van der Waals surface area contributed by atoms with Gasteiger partial charge in [-0.2, -0.15) is 0 Å². The first-order valence-corrected chi connectivity index (χ1v) is 9.81. The van der Waals surface area contributed by atoms with Crippen LogP contribution in [0, 0.1) is 13.8 Å². The molecule has 2 aromatic carbocycles. The van der Waals surface area contributed by atoms with Crippen molar-refractivity contribution in [2.75, 3.05) is 19.7 Å². The zero-order chi connectivity index (χ0) is 18.5. The summed E-state index contributed by atoms with van der Waals surface area (Å²) in [5.41, 5.74) is 4.94. The van der Waals surface area contributed by atoms with Crippen LogP contribution in [-0.2, 0) is 12.8 Å². The van der Waals surface area contributed by atoms with Crippen LogP contribution in [0.15, 0.2) is 36.4 Å². The molecule has 0 bridgehead atoms. The fourth-order valence-electron chi connectivity index (χ4n) is 4.14. The molecule has 1 atom stereocenters.